The van der Waals surface area contributed by atoms with E-state index in [2.05, 4.69) is 23.8 Å². The van der Waals surface area contributed by atoms with Gasteiger partial charge in [-0.2, -0.15) is 5.10 Å². The molecule has 1 saturated heterocycles. The molecule has 0 unspecified atom stereocenters. The van der Waals surface area contributed by atoms with Crippen molar-refractivity contribution in [2.75, 3.05) is 18.0 Å². The van der Waals surface area contributed by atoms with Crippen LogP contribution in [0.2, 0.25) is 0 Å². The third-order valence-corrected chi connectivity index (χ3v) is 3.66. The van der Waals surface area contributed by atoms with E-state index in [1.807, 2.05) is 18.7 Å². The zero-order valence-corrected chi connectivity index (χ0v) is 11.7. The molecule has 1 aromatic heterocycles. The maximum Gasteiger partial charge on any atom is 0.137 e. The van der Waals surface area contributed by atoms with Crippen molar-refractivity contribution in [1.29, 1.82) is 5.41 Å². The van der Waals surface area contributed by atoms with E-state index in [0.717, 1.165) is 30.2 Å². The molecule has 2 rings (SSSR count). The molecule has 3 N–H and O–H groups in total. The quantitative estimate of drug-likeness (QED) is 0.618. The van der Waals surface area contributed by atoms with Gasteiger partial charge in [0.15, 0.2) is 0 Å². The molecule has 5 heteroatoms. The van der Waals surface area contributed by atoms with Crippen LogP contribution in [0.4, 0.5) is 5.82 Å². The van der Waals surface area contributed by atoms with Crippen molar-refractivity contribution in [3.05, 3.63) is 11.3 Å². The second-order valence-electron chi connectivity index (χ2n) is 6.01. The minimum atomic E-state index is 0.110. The highest BCUT2D eigenvalue weighted by molar-refractivity contribution is 6.00. The lowest BCUT2D eigenvalue weighted by atomic mass is 9.84. The fourth-order valence-electron chi connectivity index (χ4n) is 2.93. The van der Waals surface area contributed by atoms with Gasteiger partial charge in [-0.15, -0.1) is 0 Å². The van der Waals surface area contributed by atoms with Gasteiger partial charge >= 0.3 is 0 Å². The van der Waals surface area contributed by atoms with Gasteiger partial charge in [0.25, 0.3) is 0 Å². The van der Waals surface area contributed by atoms with Gasteiger partial charge in [-0.05, 0) is 25.2 Å². The molecular formula is C13H23N5. The summed E-state index contributed by atoms with van der Waals surface area (Å²) in [7, 11) is 1.93. The van der Waals surface area contributed by atoms with E-state index in [9.17, 15) is 0 Å². The molecule has 1 aliphatic rings. The van der Waals surface area contributed by atoms with Crippen LogP contribution in [0.25, 0.3) is 0 Å². The maximum absolute atomic E-state index is 7.75. The summed E-state index contributed by atoms with van der Waals surface area (Å²) in [6.45, 7) is 8.50. The van der Waals surface area contributed by atoms with Crippen molar-refractivity contribution in [1.82, 2.24) is 9.78 Å². The minimum Gasteiger partial charge on any atom is -0.384 e. The van der Waals surface area contributed by atoms with Gasteiger partial charge in [-0.25, -0.2) is 0 Å². The van der Waals surface area contributed by atoms with Gasteiger partial charge in [0.05, 0.1) is 11.3 Å². The Kier molecular flexibility index (Phi) is 3.09. The van der Waals surface area contributed by atoms with Gasteiger partial charge in [0, 0.05) is 20.1 Å². The van der Waals surface area contributed by atoms with Gasteiger partial charge in [-0.1, -0.05) is 13.8 Å². The number of anilines is 1. The molecule has 18 heavy (non-hydrogen) atoms. The van der Waals surface area contributed by atoms with Gasteiger partial charge in [0.1, 0.15) is 11.7 Å². The van der Waals surface area contributed by atoms with Gasteiger partial charge in [-0.3, -0.25) is 10.1 Å². The van der Waals surface area contributed by atoms with Crippen molar-refractivity contribution in [2.24, 2.45) is 18.2 Å². The number of aryl methyl sites for hydroxylation is 2. The summed E-state index contributed by atoms with van der Waals surface area (Å²) in [6, 6.07) is 0. The van der Waals surface area contributed by atoms with Crippen LogP contribution in [-0.4, -0.2) is 28.7 Å². The van der Waals surface area contributed by atoms with Crippen LogP contribution < -0.4 is 10.6 Å². The van der Waals surface area contributed by atoms with Gasteiger partial charge in [0.2, 0.25) is 0 Å². The molecule has 0 bridgehead atoms. The summed E-state index contributed by atoms with van der Waals surface area (Å²) >= 11 is 0. The molecule has 0 atom stereocenters. The molecule has 0 radical (unpaired) electrons. The largest absolute Gasteiger partial charge is 0.384 e. The van der Waals surface area contributed by atoms with E-state index >= 15 is 0 Å². The smallest absolute Gasteiger partial charge is 0.137 e. The minimum absolute atomic E-state index is 0.110. The molecular weight excluding hydrogens is 226 g/mol. The fraction of sp³-hybridized carbons (Fsp3) is 0.692. The van der Waals surface area contributed by atoms with Gasteiger partial charge < -0.3 is 10.6 Å². The van der Waals surface area contributed by atoms with Crippen LogP contribution >= 0.6 is 0 Å². The molecule has 100 valence electrons. The molecule has 2 heterocycles. The Morgan fingerprint density at radius 3 is 2.67 bits per heavy atom. The van der Waals surface area contributed by atoms with Crippen LogP contribution in [0.5, 0.6) is 0 Å². The molecule has 0 aromatic carbocycles. The summed E-state index contributed by atoms with van der Waals surface area (Å²) in [5.74, 6) is 1.10. The van der Waals surface area contributed by atoms with E-state index in [4.69, 9.17) is 11.1 Å². The number of hydrogen-bond donors (Lipinski definition) is 2. The molecule has 1 aromatic rings. The Labute approximate surface area is 108 Å². The zero-order valence-electron chi connectivity index (χ0n) is 11.7. The summed E-state index contributed by atoms with van der Waals surface area (Å²) in [6.07, 6.45) is 2.42. The molecule has 1 fully saturated rings. The summed E-state index contributed by atoms with van der Waals surface area (Å²) < 4.78 is 1.85. The molecule has 0 saturated carbocycles. The standard InChI is InChI=1S/C13H23N5/c1-9-10(11(14)15)12(17(4)16-9)18-7-5-6-13(2,3)8-18/h5-8H2,1-4H3,(H3,14,15). The Hall–Kier alpha value is -1.52. The molecule has 0 amide bonds. The van der Waals surface area contributed by atoms with Crippen LogP contribution in [-0.2, 0) is 7.05 Å². The highest BCUT2D eigenvalue weighted by Crippen LogP contribution is 2.33. The third-order valence-electron chi connectivity index (χ3n) is 3.66. The number of aromatic nitrogens is 2. The number of piperidine rings is 1. The molecule has 0 aliphatic carbocycles. The van der Waals surface area contributed by atoms with E-state index < -0.39 is 0 Å². The van der Waals surface area contributed by atoms with Crippen molar-refractivity contribution in [3.8, 4) is 0 Å². The van der Waals surface area contributed by atoms with Crippen molar-refractivity contribution in [3.63, 3.8) is 0 Å². The lowest BCUT2D eigenvalue weighted by molar-refractivity contribution is 0.290. The molecule has 1 aliphatic heterocycles. The van der Waals surface area contributed by atoms with E-state index in [1.165, 1.54) is 12.8 Å². The first-order valence-corrected chi connectivity index (χ1v) is 6.45. The summed E-state index contributed by atoms with van der Waals surface area (Å²) in [5.41, 5.74) is 7.64. The average molecular weight is 249 g/mol. The summed E-state index contributed by atoms with van der Waals surface area (Å²) in [5, 5.41) is 12.2. The summed E-state index contributed by atoms with van der Waals surface area (Å²) in [4.78, 5) is 2.32. The Morgan fingerprint density at radius 2 is 2.11 bits per heavy atom. The average Bonchev–Trinajstić information content (AvgIpc) is 2.51. The van der Waals surface area contributed by atoms with E-state index in [1.54, 1.807) is 0 Å². The highest BCUT2D eigenvalue weighted by atomic mass is 15.4. The predicted octanol–water partition coefficient (Wildman–Crippen LogP) is 1.64. The first-order chi connectivity index (χ1) is 8.32. The van der Waals surface area contributed by atoms with Crippen molar-refractivity contribution in [2.45, 2.75) is 33.6 Å². The van der Waals surface area contributed by atoms with Crippen LogP contribution in [0.15, 0.2) is 0 Å². The van der Waals surface area contributed by atoms with Crippen molar-refractivity contribution < 1.29 is 0 Å². The molecule has 5 nitrogen and oxygen atoms in total. The number of nitrogen functional groups attached to an aromatic ring is 1. The Morgan fingerprint density at radius 1 is 1.44 bits per heavy atom. The number of rotatable bonds is 2. The second-order valence-corrected chi connectivity index (χ2v) is 6.01. The van der Waals surface area contributed by atoms with E-state index in [-0.39, 0.29) is 5.84 Å². The second kappa shape index (κ2) is 4.30. The predicted molar refractivity (Wildman–Crippen MR) is 74.2 cm³/mol. The normalized spacial score (nSPS) is 19.0. The molecule has 0 spiro atoms. The Balaban J connectivity index is 2.41. The van der Waals surface area contributed by atoms with Crippen LogP contribution in [0.1, 0.15) is 37.9 Å². The maximum atomic E-state index is 7.75. The zero-order chi connectivity index (χ0) is 13.5. The van der Waals surface area contributed by atoms with Crippen LogP contribution in [0.3, 0.4) is 0 Å². The monoisotopic (exact) mass is 249 g/mol. The first-order valence-electron chi connectivity index (χ1n) is 6.45. The topological polar surface area (TPSA) is 70.9 Å². The lowest BCUT2D eigenvalue weighted by Gasteiger charge is -2.39. The van der Waals surface area contributed by atoms with Crippen LogP contribution in [0, 0.1) is 17.7 Å². The third kappa shape index (κ3) is 2.21. The fourth-order valence-corrected chi connectivity index (χ4v) is 2.93. The Bertz CT molecular complexity index is 472. The number of nitrogens with two attached hydrogens (primary N) is 1. The highest BCUT2D eigenvalue weighted by Gasteiger charge is 2.30. The van der Waals surface area contributed by atoms with E-state index in [0.29, 0.717) is 5.41 Å². The number of nitrogens with one attached hydrogen (secondary N) is 1. The van der Waals surface area contributed by atoms with Crippen molar-refractivity contribution >= 4 is 11.7 Å². The first kappa shape index (κ1) is 12.9. The number of hydrogen-bond acceptors (Lipinski definition) is 3. The number of nitrogens with zero attached hydrogens (tertiary/aromatic N) is 3. The SMILES string of the molecule is Cc1nn(C)c(N2CCCC(C)(C)C2)c1C(=N)N. The number of amidine groups is 1. The lowest BCUT2D eigenvalue weighted by Crippen LogP contribution is -2.41.